The Morgan fingerprint density at radius 2 is 1.74 bits per heavy atom. The molecule has 1 saturated heterocycles. The first kappa shape index (κ1) is 26.5. The van der Waals surface area contributed by atoms with Crippen LogP contribution in [0.1, 0.15) is 11.5 Å². The predicted octanol–water partition coefficient (Wildman–Crippen LogP) is 0.829. The zero-order valence-corrected chi connectivity index (χ0v) is 18.6. The Balaban J connectivity index is 0.000000251. The number of amides is 3. The van der Waals surface area contributed by atoms with Crippen LogP contribution in [0.2, 0.25) is 0 Å². The number of nitro groups is 2. The number of hydrazone groups is 2. The molecular weight excluding hydrogens is 494 g/mol. The number of hydrogen-bond donors (Lipinski definition) is 2. The van der Waals surface area contributed by atoms with Crippen LogP contribution in [0.25, 0.3) is 0 Å². The van der Waals surface area contributed by atoms with Crippen molar-refractivity contribution >= 4 is 53.9 Å². The van der Waals surface area contributed by atoms with Crippen molar-refractivity contribution in [1.82, 2.24) is 10.4 Å². The Morgan fingerprint density at radius 3 is 2.23 bits per heavy atom. The van der Waals surface area contributed by atoms with E-state index in [0.29, 0.717) is 12.3 Å². The fourth-order valence-electron chi connectivity index (χ4n) is 2.23. The van der Waals surface area contributed by atoms with Crippen molar-refractivity contribution in [3.05, 3.63) is 56.0 Å². The van der Waals surface area contributed by atoms with Crippen LogP contribution in [0.3, 0.4) is 0 Å². The van der Waals surface area contributed by atoms with Gasteiger partial charge in [-0.2, -0.15) is 27.0 Å². The van der Waals surface area contributed by atoms with E-state index in [1.54, 1.807) is 17.2 Å². The fourth-order valence-corrected chi connectivity index (χ4v) is 2.78. The summed E-state index contributed by atoms with van der Waals surface area (Å²) in [6.45, 7) is 0.360. The van der Waals surface area contributed by atoms with Gasteiger partial charge in [0.1, 0.15) is 16.0 Å². The molecule has 0 saturated carbocycles. The molecule has 0 aliphatic carbocycles. The normalized spacial score (nSPS) is 15.1. The van der Waals surface area contributed by atoms with E-state index in [1.165, 1.54) is 24.4 Å². The van der Waals surface area contributed by atoms with Crippen LogP contribution >= 0.6 is 11.8 Å². The minimum atomic E-state index is -1.19. The molecule has 3 heterocycles. The summed E-state index contributed by atoms with van der Waals surface area (Å²) in [4.78, 5) is 51.6. The highest BCUT2D eigenvalue weighted by molar-refractivity contribution is 7.98. The van der Waals surface area contributed by atoms with E-state index in [9.17, 15) is 34.6 Å². The van der Waals surface area contributed by atoms with Gasteiger partial charge in [-0.25, -0.2) is 10.2 Å². The Kier molecular flexibility index (Phi) is 9.46. The van der Waals surface area contributed by atoms with Gasteiger partial charge in [0.05, 0.1) is 31.1 Å². The van der Waals surface area contributed by atoms with Crippen LogP contribution in [0, 0.1) is 20.2 Å². The standard InChI is InChI=1S/C10H11N3O5S.C7H6N4O5/c1-19-6-8-5-12(10(14)18-8)11-4-7-2-3-9(17-7)13(15)16;8-6(12)7(13)10-9-3-4-1-2-5(16-4)11(14)15/h2-4,8H,5-6H2,1H3;1-3H,(H2,8,12)(H,10,13)/b11-4+;9-3+. The van der Waals surface area contributed by atoms with E-state index in [4.69, 9.17) is 9.15 Å². The summed E-state index contributed by atoms with van der Waals surface area (Å²) in [6.07, 6.45) is 3.44. The molecule has 0 spiro atoms. The van der Waals surface area contributed by atoms with Gasteiger partial charge in [-0.05, 0) is 18.4 Å². The van der Waals surface area contributed by atoms with Crippen LogP contribution in [0.4, 0.5) is 16.6 Å². The third-order valence-electron chi connectivity index (χ3n) is 3.70. The van der Waals surface area contributed by atoms with Crippen LogP contribution in [0.5, 0.6) is 0 Å². The monoisotopic (exact) mass is 511 g/mol. The second kappa shape index (κ2) is 12.5. The minimum Gasteiger partial charge on any atom is -0.442 e. The Bertz CT molecular complexity index is 1160. The molecule has 3 rings (SSSR count). The molecule has 1 aliphatic heterocycles. The van der Waals surface area contributed by atoms with E-state index in [0.717, 1.165) is 17.3 Å². The molecule has 3 N–H and O–H groups in total. The smallest absolute Gasteiger partial charge is 0.433 e. The number of nitrogens with one attached hydrogen (secondary N) is 1. The molecule has 186 valence electrons. The number of carbonyl (C=O) groups excluding carboxylic acids is 3. The number of carbonyl (C=O) groups is 3. The van der Waals surface area contributed by atoms with Gasteiger partial charge in [0.25, 0.3) is 0 Å². The maximum atomic E-state index is 11.4. The number of hydrogen-bond acceptors (Lipinski definition) is 13. The molecule has 1 unspecified atom stereocenters. The molecule has 17 nitrogen and oxygen atoms in total. The van der Waals surface area contributed by atoms with Gasteiger partial charge < -0.3 is 19.3 Å². The van der Waals surface area contributed by atoms with Crippen molar-refractivity contribution in [2.75, 3.05) is 18.6 Å². The second-order valence-electron chi connectivity index (χ2n) is 6.22. The maximum absolute atomic E-state index is 11.4. The summed E-state index contributed by atoms with van der Waals surface area (Å²) in [5.41, 5.74) is 6.42. The lowest BCUT2D eigenvalue weighted by molar-refractivity contribution is -0.402. The van der Waals surface area contributed by atoms with Gasteiger partial charge in [-0.1, -0.05) is 0 Å². The summed E-state index contributed by atoms with van der Waals surface area (Å²) in [6, 6.07) is 5.03. The van der Waals surface area contributed by atoms with Crippen LogP contribution in [-0.2, 0) is 14.3 Å². The quantitative estimate of drug-likeness (QED) is 0.218. The van der Waals surface area contributed by atoms with Crippen molar-refractivity contribution in [2.45, 2.75) is 6.10 Å². The second-order valence-corrected chi connectivity index (χ2v) is 7.13. The van der Waals surface area contributed by atoms with E-state index >= 15 is 0 Å². The molecule has 0 radical (unpaired) electrons. The topological polar surface area (TPSA) is 239 Å². The predicted molar refractivity (Wildman–Crippen MR) is 119 cm³/mol. The fraction of sp³-hybridized carbons (Fsp3) is 0.235. The number of primary amides is 1. The highest BCUT2D eigenvalue weighted by Gasteiger charge is 2.30. The van der Waals surface area contributed by atoms with Gasteiger partial charge in [0.2, 0.25) is 0 Å². The van der Waals surface area contributed by atoms with Gasteiger partial charge in [0, 0.05) is 5.75 Å². The summed E-state index contributed by atoms with van der Waals surface area (Å²) in [5.74, 6) is -2.16. The molecular formula is C17H17N7O10S. The van der Waals surface area contributed by atoms with Gasteiger partial charge in [0.15, 0.2) is 11.5 Å². The van der Waals surface area contributed by atoms with Crippen LogP contribution < -0.4 is 11.2 Å². The lowest BCUT2D eigenvalue weighted by Gasteiger charge is -2.04. The number of rotatable bonds is 8. The van der Waals surface area contributed by atoms with E-state index < -0.39 is 33.6 Å². The number of thioether (sulfide) groups is 1. The van der Waals surface area contributed by atoms with Gasteiger partial charge >= 0.3 is 29.7 Å². The zero-order chi connectivity index (χ0) is 26.0. The average Bonchev–Trinajstić information content (AvgIpc) is 3.53. The summed E-state index contributed by atoms with van der Waals surface area (Å²) < 4.78 is 14.6. The summed E-state index contributed by atoms with van der Waals surface area (Å²) in [5, 5.41) is 29.0. The van der Waals surface area contributed by atoms with E-state index in [1.807, 2.05) is 6.26 Å². The molecule has 2 aromatic heterocycles. The number of nitrogens with zero attached hydrogens (tertiary/aromatic N) is 5. The van der Waals surface area contributed by atoms with Crippen molar-refractivity contribution in [3.63, 3.8) is 0 Å². The van der Waals surface area contributed by atoms with Crippen molar-refractivity contribution < 1.29 is 37.8 Å². The number of cyclic esters (lactones) is 1. The first-order valence-corrected chi connectivity index (χ1v) is 10.6. The lowest BCUT2D eigenvalue weighted by atomic mass is 10.4. The maximum Gasteiger partial charge on any atom is 0.433 e. The first-order valence-electron chi connectivity index (χ1n) is 9.23. The first-order chi connectivity index (χ1) is 16.6. The Morgan fingerprint density at radius 1 is 1.17 bits per heavy atom. The molecule has 1 atom stereocenters. The minimum absolute atomic E-state index is 0.0523. The van der Waals surface area contributed by atoms with Gasteiger partial charge in [-0.3, -0.25) is 29.8 Å². The lowest BCUT2D eigenvalue weighted by Crippen LogP contribution is -2.32. The third kappa shape index (κ3) is 8.28. The molecule has 3 amide bonds. The van der Waals surface area contributed by atoms with E-state index in [2.05, 4.69) is 20.4 Å². The highest BCUT2D eigenvalue weighted by Crippen LogP contribution is 2.17. The van der Waals surface area contributed by atoms with Crippen molar-refractivity contribution in [1.29, 1.82) is 0 Å². The highest BCUT2D eigenvalue weighted by atomic mass is 32.2. The Labute approximate surface area is 199 Å². The van der Waals surface area contributed by atoms with Crippen molar-refractivity contribution in [2.24, 2.45) is 15.9 Å². The Hall–Kier alpha value is -4.74. The summed E-state index contributed by atoms with van der Waals surface area (Å²) in [7, 11) is 0. The molecule has 1 fully saturated rings. The largest absolute Gasteiger partial charge is 0.442 e. The molecule has 1 aliphatic rings. The summed E-state index contributed by atoms with van der Waals surface area (Å²) >= 11 is 1.57. The molecule has 35 heavy (non-hydrogen) atoms. The molecule has 0 aromatic carbocycles. The number of nitrogens with two attached hydrogens (primary N) is 1. The number of furan rings is 2. The van der Waals surface area contributed by atoms with E-state index in [-0.39, 0.29) is 23.5 Å². The average molecular weight is 511 g/mol. The molecule has 0 bridgehead atoms. The third-order valence-corrected chi connectivity index (χ3v) is 4.40. The zero-order valence-electron chi connectivity index (χ0n) is 17.8. The SMILES string of the molecule is CSCC1CN(/N=C/c2ccc([N+](=O)[O-])o2)C(=O)O1.NC(=O)C(=O)N/N=C/c1ccc([N+](=O)[O-])o1. The molecule has 18 heteroatoms. The molecule has 2 aromatic rings. The number of ether oxygens (including phenoxy) is 1. The van der Waals surface area contributed by atoms with Gasteiger partial charge in [-0.15, -0.1) is 0 Å². The van der Waals surface area contributed by atoms with Crippen LogP contribution in [0.15, 0.2) is 43.3 Å². The van der Waals surface area contributed by atoms with Crippen molar-refractivity contribution in [3.8, 4) is 0 Å². The van der Waals surface area contributed by atoms with Crippen LogP contribution in [-0.4, -0.2) is 69.8 Å².